The smallest absolute Gasteiger partial charge is 0.228 e. The van der Waals surface area contributed by atoms with Gasteiger partial charge in [0.1, 0.15) is 0 Å². The molecule has 0 atom stereocenters. The Kier molecular flexibility index (Phi) is 4.45. The van der Waals surface area contributed by atoms with Crippen LogP contribution in [-0.2, 0) is 11.2 Å². The maximum atomic E-state index is 11.9. The van der Waals surface area contributed by atoms with Crippen LogP contribution in [0.15, 0.2) is 46.9 Å². The topological polar surface area (TPSA) is 55.1 Å². The molecule has 19 heavy (non-hydrogen) atoms. The van der Waals surface area contributed by atoms with Gasteiger partial charge in [-0.05, 0) is 45.8 Å². The molecule has 2 aromatic carbocycles. The molecule has 0 aliphatic rings. The second kappa shape index (κ2) is 6.08. The number of hydrogen-bond donors (Lipinski definition) is 2. The van der Waals surface area contributed by atoms with Crippen LogP contribution in [0.1, 0.15) is 5.56 Å². The van der Waals surface area contributed by atoms with Gasteiger partial charge in [0.05, 0.1) is 21.6 Å². The largest absolute Gasteiger partial charge is 0.399 e. The number of halogens is 2. The van der Waals surface area contributed by atoms with Gasteiger partial charge in [-0.15, -0.1) is 0 Å². The Bertz CT molecular complexity index is 616. The van der Waals surface area contributed by atoms with Crippen LogP contribution in [0.3, 0.4) is 0 Å². The van der Waals surface area contributed by atoms with E-state index in [0.717, 1.165) is 5.56 Å². The van der Waals surface area contributed by atoms with Gasteiger partial charge in [0.25, 0.3) is 0 Å². The summed E-state index contributed by atoms with van der Waals surface area (Å²) in [7, 11) is 0. The Morgan fingerprint density at radius 2 is 2.00 bits per heavy atom. The molecule has 0 aromatic heterocycles. The summed E-state index contributed by atoms with van der Waals surface area (Å²) in [5.41, 5.74) is 7.85. The fourth-order valence-electron chi connectivity index (χ4n) is 1.68. The van der Waals surface area contributed by atoms with Gasteiger partial charge in [-0.2, -0.15) is 0 Å². The summed E-state index contributed by atoms with van der Waals surface area (Å²) in [4.78, 5) is 11.9. The van der Waals surface area contributed by atoms with E-state index >= 15 is 0 Å². The van der Waals surface area contributed by atoms with Gasteiger partial charge < -0.3 is 11.1 Å². The first-order valence-electron chi connectivity index (χ1n) is 5.64. The zero-order valence-electron chi connectivity index (χ0n) is 9.99. The lowest BCUT2D eigenvalue weighted by molar-refractivity contribution is -0.115. The molecule has 0 bridgehead atoms. The van der Waals surface area contributed by atoms with Crippen LogP contribution in [-0.4, -0.2) is 5.91 Å². The van der Waals surface area contributed by atoms with E-state index < -0.39 is 0 Å². The van der Waals surface area contributed by atoms with E-state index in [0.29, 0.717) is 20.9 Å². The Labute approximate surface area is 124 Å². The van der Waals surface area contributed by atoms with E-state index in [1.54, 1.807) is 30.3 Å². The molecule has 5 heteroatoms. The lowest BCUT2D eigenvalue weighted by atomic mass is 10.1. The second-order valence-electron chi connectivity index (χ2n) is 4.07. The van der Waals surface area contributed by atoms with Gasteiger partial charge >= 0.3 is 0 Å². The molecule has 1 amide bonds. The molecule has 2 rings (SSSR count). The van der Waals surface area contributed by atoms with Crippen LogP contribution < -0.4 is 11.1 Å². The Hall–Kier alpha value is -1.52. The number of benzene rings is 2. The second-order valence-corrected chi connectivity index (χ2v) is 5.27. The number of carbonyl (C=O) groups is 1. The van der Waals surface area contributed by atoms with E-state index in [4.69, 9.17) is 17.3 Å². The maximum absolute atomic E-state index is 11.9. The monoisotopic (exact) mass is 338 g/mol. The summed E-state index contributed by atoms with van der Waals surface area (Å²) < 4.78 is 0.678. The van der Waals surface area contributed by atoms with E-state index in [1.807, 2.05) is 12.1 Å². The summed E-state index contributed by atoms with van der Waals surface area (Å²) in [5.74, 6) is -0.117. The van der Waals surface area contributed by atoms with Crippen LogP contribution in [0.4, 0.5) is 11.4 Å². The van der Waals surface area contributed by atoms with Gasteiger partial charge in [-0.3, -0.25) is 4.79 Å². The minimum absolute atomic E-state index is 0.117. The predicted octanol–water partition coefficient (Wildman–Crippen LogP) is 3.87. The lowest BCUT2D eigenvalue weighted by Crippen LogP contribution is -2.14. The van der Waals surface area contributed by atoms with Gasteiger partial charge in [-0.1, -0.05) is 29.8 Å². The van der Waals surface area contributed by atoms with Crippen molar-refractivity contribution >= 4 is 44.8 Å². The highest BCUT2D eigenvalue weighted by Crippen LogP contribution is 2.30. The number of rotatable bonds is 3. The Morgan fingerprint density at radius 1 is 1.26 bits per heavy atom. The molecule has 0 saturated carbocycles. The normalized spacial score (nSPS) is 10.2. The third-order valence-electron chi connectivity index (χ3n) is 2.54. The van der Waals surface area contributed by atoms with Gasteiger partial charge in [0.2, 0.25) is 5.91 Å². The Balaban J connectivity index is 2.08. The van der Waals surface area contributed by atoms with Gasteiger partial charge in [-0.25, -0.2) is 0 Å². The van der Waals surface area contributed by atoms with E-state index in [1.165, 1.54) is 0 Å². The number of carbonyl (C=O) groups excluding carboxylic acids is 1. The number of amides is 1. The summed E-state index contributed by atoms with van der Waals surface area (Å²) >= 11 is 9.30. The van der Waals surface area contributed by atoms with Crippen molar-refractivity contribution in [2.75, 3.05) is 11.1 Å². The standard InChI is InChI=1S/C14H12BrClN2O/c15-14-11(16)5-2-6-12(14)18-13(19)8-9-3-1-4-10(17)7-9/h1-7H,8,17H2,(H,18,19). The highest BCUT2D eigenvalue weighted by molar-refractivity contribution is 9.10. The van der Waals surface area contributed by atoms with Crippen molar-refractivity contribution in [3.8, 4) is 0 Å². The first-order valence-corrected chi connectivity index (χ1v) is 6.81. The van der Waals surface area contributed by atoms with Gasteiger partial charge in [0.15, 0.2) is 0 Å². The minimum Gasteiger partial charge on any atom is -0.399 e. The summed E-state index contributed by atoms with van der Waals surface area (Å²) in [6, 6.07) is 12.6. The van der Waals surface area contributed by atoms with Crippen LogP contribution in [0.25, 0.3) is 0 Å². The molecule has 3 N–H and O–H groups in total. The molecule has 0 saturated heterocycles. The van der Waals surface area contributed by atoms with Crippen molar-refractivity contribution in [1.29, 1.82) is 0 Å². The van der Waals surface area contributed by atoms with Gasteiger partial charge in [0, 0.05) is 5.69 Å². The first-order chi connectivity index (χ1) is 9.06. The van der Waals surface area contributed by atoms with E-state index in [9.17, 15) is 4.79 Å². The van der Waals surface area contributed by atoms with Crippen molar-refractivity contribution in [2.45, 2.75) is 6.42 Å². The predicted molar refractivity (Wildman–Crippen MR) is 82.3 cm³/mol. The van der Waals surface area contributed by atoms with E-state index in [-0.39, 0.29) is 12.3 Å². The highest BCUT2D eigenvalue weighted by atomic mass is 79.9. The number of anilines is 2. The van der Waals surface area contributed by atoms with Crippen LogP contribution in [0.2, 0.25) is 5.02 Å². The van der Waals surface area contributed by atoms with Crippen LogP contribution >= 0.6 is 27.5 Å². The molecule has 98 valence electrons. The third kappa shape index (κ3) is 3.72. The zero-order chi connectivity index (χ0) is 13.8. The molecular formula is C14H12BrClN2O. The molecule has 0 aliphatic heterocycles. The minimum atomic E-state index is -0.117. The molecule has 0 spiro atoms. The quantitative estimate of drug-likeness (QED) is 0.834. The van der Waals surface area contributed by atoms with E-state index in [2.05, 4.69) is 21.2 Å². The van der Waals surface area contributed by atoms with Crippen molar-refractivity contribution < 1.29 is 4.79 Å². The average molecular weight is 340 g/mol. The fourth-order valence-corrected chi connectivity index (χ4v) is 2.22. The molecule has 0 unspecified atom stereocenters. The molecular weight excluding hydrogens is 328 g/mol. The molecule has 0 radical (unpaired) electrons. The maximum Gasteiger partial charge on any atom is 0.228 e. The Morgan fingerprint density at radius 3 is 2.74 bits per heavy atom. The SMILES string of the molecule is Nc1cccc(CC(=O)Nc2cccc(Cl)c2Br)c1. The highest BCUT2D eigenvalue weighted by Gasteiger charge is 2.08. The van der Waals surface area contributed by atoms with Crippen LogP contribution in [0, 0.1) is 0 Å². The molecule has 0 aliphatic carbocycles. The van der Waals surface area contributed by atoms with Crippen molar-refractivity contribution in [2.24, 2.45) is 0 Å². The molecule has 2 aromatic rings. The van der Waals surface area contributed by atoms with Crippen molar-refractivity contribution in [3.05, 3.63) is 57.5 Å². The first kappa shape index (κ1) is 13.9. The van der Waals surface area contributed by atoms with Crippen molar-refractivity contribution in [1.82, 2.24) is 0 Å². The molecule has 3 nitrogen and oxygen atoms in total. The summed E-state index contributed by atoms with van der Waals surface area (Å²) in [6.07, 6.45) is 0.268. The lowest BCUT2D eigenvalue weighted by Gasteiger charge is -2.08. The molecule has 0 fully saturated rings. The third-order valence-corrected chi connectivity index (χ3v) is 3.94. The van der Waals surface area contributed by atoms with Crippen molar-refractivity contribution in [3.63, 3.8) is 0 Å². The fraction of sp³-hybridized carbons (Fsp3) is 0.0714. The zero-order valence-corrected chi connectivity index (χ0v) is 12.3. The average Bonchev–Trinajstić information content (AvgIpc) is 2.35. The summed E-state index contributed by atoms with van der Waals surface area (Å²) in [5, 5.41) is 3.37. The number of nitrogen functional groups attached to an aromatic ring is 1. The number of nitrogens with two attached hydrogens (primary N) is 1. The number of hydrogen-bond acceptors (Lipinski definition) is 2. The van der Waals surface area contributed by atoms with Crippen LogP contribution in [0.5, 0.6) is 0 Å². The summed E-state index contributed by atoms with van der Waals surface area (Å²) in [6.45, 7) is 0. The number of nitrogens with one attached hydrogen (secondary N) is 1. The molecule has 0 heterocycles.